The maximum atomic E-state index is 13.0. The second-order valence-electron chi connectivity index (χ2n) is 10.3. The third-order valence-corrected chi connectivity index (χ3v) is 11.4. The molecule has 2 N–H and O–H groups in total. The van der Waals surface area contributed by atoms with E-state index in [-0.39, 0.29) is 11.4 Å². The van der Waals surface area contributed by atoms with Crippen molar-refractivity contribution in [3.8, 4) is 20.5 Å². The van der Waals surface area contributed by atoms with Crippen LogP contribution in [0.3, 0.4) is 0 Å². The predicted octanol–water partition coefficient (Wildman–Crippen LogP) is 6.86. The lowest BCUT2D eigenvalue weighted by molar-refractivity contribution is -0.147. The first-order valence-corrected chi connectivity index (χ1v) is 16.0. The van der Waals surface area contributed by atoms with Crippen molar-refractivity contribution in [1.29, 1.82) is 0 Å². The summed E-state index contributed by atoms with van der Waals surface area (Å²) in [5.41, 5.74) is 0.0771. The second-order valence-corrected chi connectivity index (χ2v) is 14.8. The highest BCUT2D eigenvalue weighted by molar-refractivity contribution is 7.89. The van der Waals surface area contributed by atoms with E-state index in [9.17, 15) is 31.5 Å². The maximum absolute atomic E-state index is 13.0. The molecule has 2 heterocycles. The summed E-state index contributed by atoms with van der Waals surface area (Å²) in [7, 11) is -4.63. The van der Waals surface area contributed by atoms with Gasteiger partial charge in [-0.1, -0.05) is 59.9 Å². The minimum atomic E-state index is -4.79. The van der Waals surface area contributed by atoms with E-state index in [4.69, 9.17) is 28.2 Å². The Bertz CT molecular complexity index is 1540. The molecule has 4 rings (SSSR count). The highest BCUT2D eigenvalue weighted by Crippen LogP contribution is 2.45. The summed E-state index contributed by atoms with van der Waals surface area (Å²) in [6, 6.07) is 0.199. The summed E-state index contributed by atoms with van der Waals surface area (Å²) in [6.07, 6.45) is -0.776. The van der Waals surface area contributed by atoms with Crippen molar-refractivity contribution < 1.29 is 31.5 Å². The van der Waals surface area contributed by atoms with Crippen molar-refractivity contribution in [2.75, 3.05) is 0 Å². The van der Waals surface area contributed by atoms with Gasteiger partial charge in [-0.25, -0.2) is 13.4 Å². The number of hydrogen-bond donors (Lipinski definition) is 2. The average Bonchev–Trinajstić information content (AvgIpc) is 3.43. The number of carboxylic acids is 1. The molecule has 1 aliphatic rings. The number of carbonyl (C=O) groups is 1. The van der Waals surface area contributed by atoms with Crippen LogP contribution in [-0.2, 0) is 27.7 Å². The number of alkyl halides is 3. The van der Waals surface area contributed by atoms with Gasteiger partial charge < -0.3 is 5.11 Å². The van der Waals surface area contributed by atoms with E-state index in [1.165, 1.54) is 28.7 Å². The minimum absolute atomic E-state index is 0.129. The lowest BCUT2D eigenvalue weighted by Crippen LogP contribution is -2.43. The molecule has 3 aromatic rings. The second kappa shape index (κ2) is 11.4. The van der Waals surface area contributed by atoms with E-state index in [0.717, 1.165) is 25.3 Å². The Labute approximate surface area is 247 Å². The summed E-state index contributed by atoms with van der Waals surface area (Å²) >= 11 is 15.3. The van der Waals surface area contributed by atoms with Gasteiger partial charge in [0.25, 0.3) is 0 Å². The monoisotopic (exact) mass is 656 g/mol. The number of hydrogen-bond acceptors (Lipinski definition) is 8. The first-order chi connectivity index (χ1) is 18.5. The third-order valence-electron chi connectivity index (χ3n) is 6.63. The zero-order valence-corrected chi connectivity index (χ0v) is 25.4. The topological polar surface area (TPSA) is 122 Å². The van der Waals surface area contributed by atoms with Crippen LogP contribution < -0.4 is 4.72 Å². The molecule has 1 aromatic carbocycles. The first-order valence-electron chi connectivity index (χ1n) is 12.1. The van der Waals surface area contributed by atoms with Gasteiger partial charge >= 0.3 is 12.1 Å². The SMILES string of the molecule is C[C@H](NS(=O)(=O)c1ccc(-c2sc(-c3nnc(CC(C)(C)C(=O)O)s3)nc2CC2CCC2)c(Cl)c1Cl)C(F)(F)F. The van der Waals surface area contributed by atoms with E-state index in [0.29, 0.717) is 50.4 Å². The highest BCUT2D eigenvalue weighted by Gasteiger charge is 2.39. The Kier molecular flexibility index (Phi) is 8.90. The lowest BCUT2D eigenvalue weighted by Gasteiger charge is -2.24. The van der Waals surface area contributed by atoms with Gasteiger partial charge in [0.15, 0.2) is 10.0 Å². The van der Waals surface area contributed by atoms with E-state index in [1.807, 2.05) is 0 Å². The first kappa shape index (κ1) is 31.1. The van der Waals surface area contributed by atoms with E-state index < -0.39 is 43.5 Å². The molecule has 0 radical (unpaired) electrons. The molecule has 218 valence electrons. The Morgan fingerprint density at radius 1 is 1.15 bits per heavy atom. The summed E-state index contributed by atoms with van der Waals surface area (Å²) in [5, 5.41) is 18.8. The van der Waals surface area contributed by atoms with Crippen LogP contribution in [0.1, 0.15) is 50.7 Å². The van der Waals surface area contributed by atoms with E-state index in [1.54, 1.807) is 18.6 Å². The Morgan fingerprint density at radius 2 is 1.82 bits per heavy atom. The summed E-state index contributed by atoms with van der Waals surface area (Å²) in [6.45, 7) is 3.89. The normalized spacial score (nSPS) is 15.7. The molecule has 0 saturated heterocycles. The minimum Gasteiger partial charge on any atom is -0.481 e. The van der Waals surface area contributed by atoms with Crippen LogP contribution in [0.15, 0.2) is 17.0 Å². The Hall–Kier alpha value is -1.84. The van der Waals surface area contributed by atoms with Crippen molar-refractivity contribution in [3.63, 3.8) is 0 Å². The predicted molar refractivity (Wildman–Crippen MR) is 148 cm³/mol. The molecule has 2 aromatic heterocycles. The highest BCUT2D eigenvalue weighted by atomic mass is 35.5. The van der Waals surface area contributed by atoms with Gasteiger partial charge in [-0.05, 0) is 39.2 Å². The van der Waals surface area contributed by atoms with Gasteiger partial charge in [-0.15, -0.1) is 21.5 Å². The molecule has 0 unspecified atom stereocenters. The number of nitrogens with zero attached hydrogens (tertiary/aromatic N) is 3. The fourth-order valence-corrected chi connectivity index (χ4v) is 8.26. The van der Waals surface area contributed by atoms with Crippen LogP contribution in [-0.4, -0.2) is 46.9 Å². The number of halogens is 5. The molecule has 8 nitrogen and oxygen atoms in total. The molecule has 0 spiro atoms. The Morgan fingerprint density at radius 3 is 2.40 bits per heavy atom. The quantitative estimate of drug-likeness (QED) is 0.244. The summed E-state index contributed by atoms with van der Waals surface area (Å²) < 4.78 is 65.9. The van der Waals surface area contributed by atoms with Crippen LogP contribution in [0.4, 0.5) is 13.2 Å². The number of aromatic nitrogens is 3. The number of carboxylic acid groups (broad SMARTS) is 1. The van der Waals surface area contributed by atoms with Crippen LogP contribution in [0.25, 0.3) is 20.5 Å². The maximum Gasteiger partial charge on any atom is 0.404 e. The van der Waals surface area contributed by atoms with Crippen LogP contribution in [0.2, 0.25) is 10.0 Å². The molecule has 16 heteroatoms. The van der Waals surface area contributed by atoms with Crippen molar-refractivity contribution in [2.45, 2.75) is 70.0 Å². The van der Waals surface area contributed by atoms with E-state index >= 15 is 0 Å². The Balaban J connectivity index is 1.71. The molecule has 0 amide bonds. The number of benzene rings is 1. The molecule has 0 aliphatic heterocycles. The number of sulfonamides is 1. The van der Waals surface area contributed by atoms with Crippen LogP contribution >= 0.6 is 45.9 Å². The molecule has 0 bridgehead atoms. The van der Waals surface area contributed by atoms with Gasteiger partial charge in [0.1, 0.15) is 15.9 Å². The number of nitrogens with one attached hydrogen (secondary N) is 1. The van der Waals surface area contributed by atoms with Gasteiger partial charge in [0.2, 0.25) is 10.0 Å². The van der Waals surface area contributed by atoms with Crippen molar-refractivity contribution >= 4 is 61.9 Å². The van der Waals surface area contributed by atoms with Gasteiger partial charge in [0, 0.05) is 12.0 Å². The van der Waals surface area contributed by atoms with Gasteiger partial charge in [-0.3, -0.25) is 4.79 Å². The fourth-order valence-electron chi connectivity index (χ4n) is 3.91. The third kappa shape index (κ3) is 6.62. The molecule has 1 saturated carbocycles. The fraction of sp³-hybridized carbons (Fsp3) is 0.500. The zero-order valence-electron chi connectivity index (χ0n) is 21.5. The van der Waals surface area contributed by atoms with Gasteiger partial charge in [0.05, 0.1) is 26.0 Å². The van der Waals surface area contributed by atoms with Crippen molar-refractivity contribution in [2.24, 2.45) is 11.3 Å². The smallest absolute Gasteiger partial charge is 0.404 e. The number of rotatable bonds is 10. The lowest BCUT2D eigenvalue weighted by atomic mass is 9.82. The van der Waals surface area contributed by atoms with Crippen LogP contribution in [0.5, 0.6) is 0 Å². The van der Waals surface area contributed by atoms with Gasteiger partial charge in [-0.2, -0.15) is 17.9 Å². The molecule has 1 fully saturated rings. The summed E-state index contributed by atoms with van der Waals surface area (Å²) in [5.74, 6) is -0.541. The number of aliphatic carboxylic acids is 1. The standard InChI is InChI=1S/C24H25Cl2F3N4O4S3/c1-11(24(27,28)29)33-40(36,37)15-8-7-13(17(25)18(15)26)19-14(9-12-5-4-6-12)30-20(39-19)21-32-31-16(38-21)10-23(2,3)22(34)35/h7-8,11-12,33H,4-6,9-10H2,1-3H3,(H,34,35)/t11-/m0/s1. The average molecular weight is 658 g/mol. The van der Waals surface area contributed by atoms with E-state index in [2.05, 4.69) is 10.2 Å². The zero-order chi connectivity index (χ0) is 29.6. The molecule has 1 atom stereocenters. The molecular weight excluding hydrogens is 632 g/mol. The molecule has 1 aliphatic carbocycles. The molecular formula is C24H25Cl2F3N4O4S3. The molecule has 40 heavy (non-hydrogen) atoms. The van der Waals surface area contributed by atoms with Crippen LogP contribution in [0, 0.1) is 11.3 Å². The summed E-state index contributed by atoms with van der Waals surface area (Å²) in [4.78, 5) is 16.4. The largest absolute Gasteiger partial charge is 0.481 e. The van der Waals surface area contributed by atoms with Crippen molar-refractivity contribution in [1.82, 2.24) is 19.9 Å². The van der Waals surface area contributed by atoms with Crippen molar-refractivity contribution in [3.05, 3.63) is 32.9 Å². The number of thiazole rings is 1.